The number of hydrogen-bond acceptors (Lipinski definition) is 6. The highest BCUT2D eigenvalue weighted by atomic mass is 16.6. The molecule has 0 bridgehead atoms. The molecule has 1 unspecified atom stereocenters. The van der Waals surface area contributed by atoms with E-state index in [-0.39, 0.29) is 23.2 Å². The summed E-state index contributed by atoms with van der Waals surface area (Å²) < 4.78 is 0. The second-order valence-electron chi connectivity index (χ2n) is 5.65. The van der Waals surface area contributed by atoms with E-state index in [9.17, 15) is 20.2 Å². The van der Waals surface area contributed by atoms with Crippen LogP contribution in [0.2, 0.25) is 0 Å². The van der Waals surface area contributed by atoms with Gasteiger partial charge in [-0.05, 0) is 25.8 Å². The number of nitro benzene ring substituents is 2. The molecule has 8 nitrogen and oxygen atoms in total. The van der Waals surface area contributed by atoms with Crippen LogP contribution in [0.4, 0.5) is 17.1 Å². The van der Waals surface area contributed by atoms with Crippen LogP contribution < -0.4 is 5.43 Å². The molecule has 0 fully saturated rings. The summed E-state index contributed by atoms with van der Waals surface area (Å²) in [7, 11) is 0. The fourth-order valence-electron chi connectivity index (χ4n) is 2.51. The molecule has 0 aliphatic heterocycles. The molecule has 1 rings (SSSR count). The van der Waals surface area contributed by atoms with Gasteiger partial charge in [-0.3, -0.25) is 25.7 Å². The molecule has 23 heavy (non-hydrogen) atoms. The van der Waals surface area contributed by atoms with Crippen molar-refractivity contribution in [3.63, 3.8) is 0 Å². The third-order valence-electron chi connectivity index (χ3n) is 3.39. The van der Waals surface area contributed by atoms with Crippen LogP contribution in [-0.2, 0) is 0 Å². The number of non-ortho nitro benzene ring substituents is 1. The summed E-state index contributed by atoms with van der Waals surface area (Å²) >= 11 is 0. The molecule has 0 aliphatic carbocycles. The zero-order valence-corrected chi connectivity index (χ0v) is 13.6. The van der Waals surface area contributed by atoms with E-state index in [0.29, 0.717) is 0 Å². The van der Waals surface area contributed by atoms with Crippen LogP contribution in [0, 0.1) is 32.1 Å². The van der Waals surface area contributed by atoms with Crippen molar-refractivity contribution in [2.45, 2.75) is 27.7 Å². The number of nitrogens with one attached hydrogen (secondary N) is 1. The third kappa shape index (κ3) is 4.60. The summed E-state index contributed by atoms with van der Waals surface area (Å²) in [6.45, 7) is 11.7. The highest BCUT2D eigenvalue weighted by molar-refractivity contribution is 5.87. The van der Waals surface area contributed by atoms with Crippen LogP contribution in [0.5, 0.6) is 0 Å². The lowest BCUT2D eigenvalue weighted by Crippen LogP contribution is -2.19. The van der Waals surface area contributed by atoms with Gasteiger partial charge in [0.05, 0.1) is 15.9 Å². The highest BCUT2D eigenvalue weighted by Gasteiger charge is 2.21. The number of hydrazone groups is 1. The number of anilines is 1. The van der Waals surface area contributed by atoms with Crippen molar-refractivity contribution in [1.82, 2.24) is 0 Å². The molecule has 1 N–H and O–H groups in total. The lowest BCUT2D eigenvalue weighted by molar-refractivity contribution is -0.393. The fourth-order valence-corrected chi connectivity index (χ4v) is 2.51. The van der Waals surface area contributed by atoms with E-state index in [1.807, 2.05) is 27.7 Å². The van der Waals surface area contributed by atoms with E-state index in [0.717, 1.165) is 17.4 Å². The normalized spacial score (nSPS) is 12.8. The molecule has 0 aromatic heterocycles. The van der Waals surface area contributed by atoms with Crippen molar-refractivity contribution in [1.29, 1.82) is 0 Å². The van der Waals surface area contributed by atoms with Gasteiger partial charge in [0.25, 0.3) is 5.69 Å². The number of rotatable bonds is 7. The van der Waals surface area contributed by atoms with E-state index < -0.39 is 15.5 Å². The smallest absolute Gasteiger partial charge is 0.272 e. The molecule has 0 amide bonds. The first kappa shape index (κ1) is 18.3. The average molecular weight is 320 g/mol. The third-order valence-corrected chi connectivity index (χ3v) is 3.39. The second kappa shape index (κ2) is 7.48. The van der Waals surface area contributed by atoms with Crippen molar-refractivity contribution in [3.05, 3.63) is 50.6 Å². The van der Waals surface area contributed by atoms with E-state index in [2.05, 4.69) is 17.1 Å². The van der Waals surface area contributed by atoms with Gasteiger partial charge in [-0.15, -0.1) is 0 Å². The largest absolute Gasteiger partial charge is 0.301 e. The number of benzene rings is 1. The average Bonchev–Trinajstić information content (AvgIpc) is 2.43. The van der Waals surface area contributed by atoms with Gasteiger partial charge in [0, 0.05) is 17.7 Å². The van der Waals surface area contributed by atoms with Gasteiger partial charge in [0.2, 0.25) is 0 Å². The Morgan fingerprint density at radius 3 is 2.26 bits per heavy atom. The SMILES string of the molecule is C=C(C)C(/C(C)=N/Nc1ccc([N+](=O)[O-])cc1[N+](=O)[O-])C(C)C. The Morgan fingerprint density at radius 2 is 1.83 bits per heavy atom. The summed E-state index contributed by atoms with van der Waals surface area (Å²) in [5.41, 5.74) is 3.68. The van der Waals surface area contributed by atoms with Crippen LogP contribution in [0.3, 0.4) is 0 Å². The molecule has 124 valence electrons. The van der Waals surface area contributed by atoms with Crippen LogP contribution in [-0.4, -0.2) is 15.6 Å². The highest BCUT2D eigenvalue weighted by Crippen LogP contribution is 2.29. The van der Waals surface area contributed by atoms with Crippen LogP contribution in [0.25, 0.3) is 0 Å². The van der Waals surface area contributed by atoms with Gasteiger partial charge in [0.1, 0.15) is 5.69 Å². The van der Waals surface area contributed by atoms with E-state index >= 15 is 0 Å². The maximum absolute atomic E-state index is 11.1. The Morgan fingerprint density at radius 1 is 1.22 bits per heavy atom. The molecule has 1 aromatic rings. The molecular formula is C15H20N4O4. The molecule has 1 aromatic carbocycles. The van der Waals surface area contributed by atoms with Crippen molar-refractivity contribution in [2.75, 3.05) is 5.43 Å². The maximum atomic E-state index is 11.1. The summed E-state index contributed by atoms with van der Waals surface area (Å²) in [6, 6.07) is 3.38. The quantitative estimate of drug-likeness (QED) is 0.351. The molecule has 0 aliphatic rings. The minimum absolute atomic E-state index is 0.0413. The first-order chi connectivity index (χ1) is 10.6. The minimum atomic E-state index is -0.682. The Hall–Kier alpha value is -2.77. The van der Waals surface area contributed by atoms with Crippen molar-refractivity contribution < 1.29 is 9.85 Å². The van der Waals surface area contributed by atoms with Crippen LogP contribution in [0.15, 0.2) is 35.5 Å². The standard InChI is InChI=1S/C15H20N4O4/c1-9(2)15(10(3)4)11(5)16-17-13-7-6-12(18(20)21)8-14(13)19(22)23/h6-8,10,15,17H,1H2,2-5H3/b16-11+. The molecule has 8 heteroatoms. The van der Waals surface area contributed by atoms with Gasteiger partial charge in [-0.2, -0.15) is 5.10 Å². The van der Waals surface area contributed by atoms with Crippen molar-refractivity contribution >= 4 is 22.8 Å². The zero-order chi connectivity index (χ0) is 17.7. The molecule has 0 spiro atoms. The van der Waals surface area contributed by atoms with E-state index in [4.69, 9.17) is 0 Å². The maximum Gasteiger partial charge on any atom is 0.301 e. The predicted molar refractivity (Wildman–Crippen MR) is 89.6 cm³/mol. The van der Waals surface area contributed by atoms with Gasteiger partial charge in [-0.25, -0.2) is 0 Å². The van der Waals surface area contributed by atoms with Gasteiger partial charge in [-0.1, -0.05) is 26.0 Å². The lowest BCUT2D eigenvalue weighted by Gasteiger charge is -2.20. The predicted octanol–water partition coefficient (Wildman–Crippen LogP) is 4.14. The molecule has 0 radical (unpaired) electrons. The number of hydrogen-bond donors (Lipinski definition) is 1. The molecule has 0 saturated carbocycles. The Kier molecular flexibility index (Phi) is 5.94. The van der Waals surface area contributed by atoms with Crippen molar-refractivity contribution in [3.8, 4) is 0 Å². The summed E-state index contributed by atoms with van der Waals surface area (Å²) in [6.07, 6.45) is 0. The topological polar surface area (TPSA) is 111 Å². The second-order valence-corrected chi connectivity index (χ2v) is 5.65. The molecule has 0 heterocycles. The number of allylic oxidation sites excluding steroid dienone is 1. The van der Waals surface area contributed by atoms with Gasteiger partial charge >= 0.3 is 5.69 Å². The summed E-state index contributed by atoms with van der Waals surface area (Å²) in [5.74, 6) is 0.324. The molecule has 1 atom stereocenters. The Labute approximate surface area is 134 Å². The van der Waals surface area contributed by atoms with Crippen LogP contribution >= 0.6 is 0 Å². The Balaban J connectivity index is 3.13. The minimum Gasteiger partial charge on any atom is -0.272 e. The van der Waals surface area contributed by atoms with E-state index in [1.54, 1.807) is 0 Å². The number of nitro groups is 2. The molecular weight excluding hydrogens is 300 g/mol. The molecule has 0 saturated heterocycles. The lowest BCUT2D eigenvalue weighted by atomic mass is 9.86. The van der Waals surface area contributed by atoms with Gasteiger partial charge in [0.15, 0.2) is 0 Å². The first-order valence-electron chi connectivity index (χ1n) is 7.03. The summed E-state index contributed by atoms with van der Waals surface area (Å²) in [5, 5.41) is 26.0. The van der Waals surface area contributed by atoms with E-state index in [1.165, 1.54) is 12.1 Å². The number of nitrogens with zero attached hydrogens (tertiary/aromatic N) is 3. The zero-order valence-electron chi connectivity index (χ0n) is 13.6. The first-order valence-corrected chi connectivity index (χ1v) is 7.03. The monoisotopic (exact) mass is 320 g/mol. The van der Waals surface area contributed by atoms with Gasteiger partial charge < -0.3 is 0 Å². The summed E-state index contributed by atoms with van der Waals surface area (Å²) in [4.78, 5) is 20.4. The van der Waals surface area contributed by atoms with Crippen LogP contribution in [0.1, 0.15) is 27.7 Å². The Bertz CT molecular complexity index is 667. The fraction of sp³-hybridized carbons (Fsp3) is 0.400. The van der Waals surface area contributed by atoms with Crippen molar-refractivity contribution in [2.24, 2.45) is 16.9 Å².